The van der Waals surface area contributed by atoms with Gasteiger partial charge in [-0.3, -0.25) is 0 Å². The number of nitro groups is 1. The van der Waals surface area contributed by atoms with Crippen LogP contribution in [0, 0.1) is 24.0 Å². The first-order valence-corrected chi connectivity index (χ1v) is 7.86. The molecule has 2 aromatic rings. The van der Waals surface area contributed by atoms with Crippen molar-refractivity contribution in [1.82, 2.24) is 9.78 Å². The van der Waals surface area contributed by atoms with Crippen LogP contribution in [0.1, 0.15) is 36.2 Å². The van der Waals surface area contributed by atoms with E-state index in [4.69, 9.17) is 16.3 Å². The quantitative estimate of drug-likeness (QED) is 0.199. The van der Waals surface area contributed by atoms with Crippen molar-refractivity contribution in [2.24, 2.45) is 10.9 Å². The Morgan fingerprint density at radius 1 is 1.46 bits per heavy atom. The predicted molar refractivity (Wildman–Crippen MR) is 95.4 cm³/mol. The number of oxime groups is 1. The lowest BCUT2D eigenvalue weighted by Crippen LogP contribution is -2.24. The molecule has 0 aliphatic rings. The number of hydrogen-bond donors (Lipinski definition) is 2. The van der Waals surface area contributed by atoms with Crippen LogP contribution in [-0.2, 0) is 9.63 Å². The Kier molecular flexibility index (Phi) is 5.55. The summed E-state index contributed by atoms with van der Waals surface area (Å²) in [4.78, 5) is 27.5. The third kappa shape index (κ3) is 3.79. The lowest BCUT2D eigenvalue weighted by atomic mass is 10.1. The predicted octanol–water partition coefficient (Wildman–Crippen LogP) is 1.81. The summed E-state index contributed by atoms with van der Waals surface area (Å²) in [7, 11) is 0. The van der Waals surface area contributed by atoms with Gasteiger partial charge in [0.1, 0.15) is 0 Å². The Morgan fingerprint density at radius 2 is 2.15 bits per heavy atom. The maximum Gasteiger partial charge on any atom is 0.390 e. The van der Waals surface area contributed by atoms with Crippen LogP contribution in [0.15, 0.2) is 29.4 Å². The number of amidine groups is 1. The molecule has 0 fully saturated rings. The van der Waals surface area contributed by atoms with Crippen LogP contribution in [0.4, 0.5) is 11.5 Å². The van der Waals surface area contributed by atoms with E-state index in [9.17, 15) is 14.9 Å². The smallest absolute Gasteiger partial charge is 0.390 e. The molecule has 0 aliphatic carbocycles. The van der Waals surface area contributed by atoms with E-state index in [0.717, 1.165) is 5.56 Å². The highest BCUT2D eigenvalue weighted by molar-refractivity contribution is 5.99. The molecule has 0 amide bonds. The maximum absolute atomic E-state index is 12.4. The number of nitrogens with two attached hydrogens (primary N) is 2. The summed E-state index contributed by atoms with van der Waals surface area (Å²) in [5.41, 5.74) is 14.0. The van der Waals surface area contributed by atoms with Gasteiger partial charge < -0.3 is 26.4 Å². The number of nitrogen functional groups attached to an aromatic ring is 1. The Balaban J connectivity index is 2.22. The van der Waals surface area contributed by atoms with Gasteiger partial charge in [0, 0.05) is 11.3 Å². The van der Waals surface area contributed by atoms with E-state index in [1.54, 1.807) is 39.0 Å². The largest absolute Gasteiger partial charge is 0.398 e. The minimum atomic E-state index is -0.859. The Morgan fingerprint density at radius 3 is 2.73 bits per heavy atom. The molecule has 0 saturated heterocycles. The number of aryl methyl sites for hydroxylation is 1. The van der Waals surface area contributed by atoms with E-state index < -0.39 is 16.9 Å². The summed E-state index contributed by atoms with van der Waals surface area (Å²) >= 11 is 0. The van der Waals surface area contributed by atoms with Gasteiger partial charge in [-0.25, -0.2) is 4.79 Å². The van der Waals surface area contributed by atoms with Crippen molar-refractivity contribution in [2.45, 2.75) is 33.2 Å². The van der Waals surface area contributed by atoms with Crippen LogP contribution in [0.5, 0.6) is 0 Å². The number of carbonyl (C=O) groups excluding carboxylic acids is 1. The first kappa shape index (κ1) is 18.9. The SMILES string of the molecule is CCC(C(=O)O/N=C(\N)c1cccc(N)c1C)n1nc([N+](=O)[O-])cc1C. The third-order valence-corrected chi connectivity index (χ3v) is 3.94. The van der Waals surface area contributed by atoms with Gasteiger partial charge in [0.05, 0.1) is 16.9 Å². The highest BCUT2D eigenvalue weighted by atomic mass is 16.7. The lowest BCUT2D eigenvalue weighted by molar-refractivity contribution is -0.389. The normalized spacial score (nSPS) is 12.7. The maximum atomic E-state index is 12.4. The summed E-state index contributed by atoms with van der Waals surface area (Å²) < 4.78 is 1.25. The standard InChI is InChI=1S/C16H20N6O4/c1-4-13(21-9(2)8-14(19-21)22(24)25)16(23)26-20-15(18)11-6-5-7-12(17)10(11)3/h5-8,13H,4,17H2,1-3H3,(H2,18,20). The fraction of sp³-hybridized carbons (Fsp3) is 0.312. The molecule has 1 heterocycles. The second kappa shape index (κ2) is 7.64. The summed E-state index contributed by atoms with van der Waals surface area (Å²) in [6, 6.07) is 5.56. The fourth-order valence-electron chi connectivity index (χ4n) is 2.45. The number of benzene rings is 1. The van der Waals surface area contributed by atoms with Crippen LogP contribution in [0.25, 0.3) is 0 Å². The van der Waals surface area contributed by atoms with Crippen molar-refractivity contribution in [2.75, 3.05) is 5.73 Å². The third-order valence-electron chi connectivity index (χ3n) is 3.94. The molecule has 0 aliphatic heterocycles. The van der Waals surface area contributed by atoms with Gasteiger partial charge in [0.15, 0.2) is 11.9 Å². The molecule has 0 radical (unpaired) electrons. The van der Waals surface area contributed by atoms with Gasteiger partial charge >= 0.3 is 11.8 Å². The van der Waals surface area contributed by atoms with Crippen molar-refractivity contribution in [3.63, 3.8) is 0 Å². The molecule has 1 aromatic carbocycles. The van der Waals surface area contributed by atoms with Gasteiger partial charge in [-0.05, 0) is 36.8 Å². The molecule has 1 atom stereocenters. The summed E-state index contributed by atoms with van der Waals surface area (Å²) in [6.07, 6.45) is 0.311. The first-order chi connectivity index (χ1) is 12.3. The molecule has 1 unspecified atom stereocenters. The van der Waals surface area contributed by atoms with Crippen LogP contribution in [-0.4, -0.2) is 26.5 Å². The second-order valence-corrected chi connectivity index (χ2v) is 5.68. The topological polar surface area (TPSA) is 152 Å². The molecular formula is C16H20N6O4. The molecule has 4 N–H and O–H groups in total. The van der Waals surface area contributed by atoms with Crippen molar-refractivity contribution < 1.29 is 14.6 Å². The Bertz CT molecular complexity index is 874. The molecule has 10 heteroatoms. The van der Waals surface area contributed by atoms with Crippen LogP contribution in [0.2, 0.25) is 0 Å². The van der Waals surface area contributed by atoms with Crippen molar-refractivity contribution >= 4 is 23.3 Å². The second-order valence-electron chi connectivity index (χ2n) is 5.68. The highest BCUT2D eigenvalue weighted by Crippen LogP contribution is 2.20. The zero-order chi connectivity index (χ0) is 19.4. The number of aromatic nitrogens is 2. The van der Waals surface area contributed by atoms with E-state index in [1.165, 1.54) is 10.7 Å². The number of hydrogen-bond acceptors (Lipinski definition) is 7. The Hall–Kier alpha value is -3.43. The summed E-state index contributed by atoms with van der Waals surface area (Å²) in [5.74, 6) is -1.06. The van der Waals surface area contributed by atoms with Crippen LogP contribution < -0.4 is 11.5 Å². The van der Waals surface area contributed by atoms with Crippen molar-refractivity contribution in [3.05, 3.63) is 51.2 Å². The molecule has 138 valence electrons. The van der Waals surface area contributed by atoms with Gasteiger partial charge in [-0.15, -0.1) is 0 Å². The van der Waals surface area contributed by atoms with Gasteiger partial charge in [0.25, 0.3) is 0 Å². The van der Waals surface area contributed by atoms with Crippen molar-refractivity contribution in [3.8, 4) is 0 Å². The van der Waals surface area contributed by atoms with E-state index >= 15 is 0 Å². The van der Waals surface area contributed by atoms with E-state index in [-0.39, 0.29) is 11.7 Å². The molecule has 0 bridgehead atoms. The van der Waals surface area contributed by atoms with E-state index in [2.05, 4.69) is 10.3 Å². The summed E-state index contributed by atoms with van der Waals surface area (Å²) in [5, 5.41) is 18.4. The average Bonchev–Trinajstić information content (AvgIpc) is 2.98. The van der Waals surface area contributed by atoms with Gasteiger partial charge in [-0.2, -0.15) is 4.68 Å². The first-order valence-electron chi connectivity index (χ1n) is 7.86. The van der Waals surface area contributed by atoms with E-state index in [0.29, 0.717) is 23.4 Å². The van der Waals surface area contributed by atoms with Gasteiger partial charge in [-0.1, -0.05) is 24.2 Å². The summed E-state index contributed by atoms with van der Waals surface area (Å²) in [6.45, 7) is 5.12. The molecule has 0 saturated carbocycles. The number of carbonyl (C=O) groups is 1. The lowest BCUT2D eigenvalue weighted by Gasteiger charge is -2.11. The molecular weight excluding hydrogens is 340 g/mol. The monoisotopic (exact) mass is 360 g/mol. The van der Waals surface area contributed by atoms with Gasteiger partial charge in [0.2, 0.25) is 0 Å². The molecule has 1 aromatic heterocycles. The Labute approximate surface area is 149 Å². The zero-order valence-electron chi connectivity index (χ0n) is 14.7. The highest BCUT2D eigenvalue weighted by Gasteiger charge is 2.28. The average molecular weight is 360 g/mol. The molecule has 26 heavy (non-hydrogen) atoms. The number of nitrogens with zero attached hydrogens (tertiary/aromatic N) is 4. The number of rotatable bonds is 6. The molecule has 10 nitrogen and oxygen atoms in total. The zero-order valence-corrected chi connectivity index (χ0v) is 14.7. The van der Waals surface area contributed by atoms with Crippen LogP contribution >= 0.6 is 0 Å². The van der Waals surface area contributed by atoms with Crippen molar-refractivity contribution in [1.29, 1.82) is 0 Å². The molecule has 0 spiro atoms. The minimum absolute atomic E-state index is 0.00108. The molecule has 2 rings (SSSR count). The van der Waals surface area contributed by atoms with Crippen LogP contribution in [0.3, 0.4) is 0 Å². The fourth-order valence-corrected chi connectivity index (χ4v) is 2.45. The number of anilines is 1. The minimum Gasteiger partial charge on any atom is -0.398 e. The van der Waals surface area contributed by atoms with E-state index in [1.807, 2.05) is 0 Å².